The minimum absolute atomic E-state index is 0.0783. The maximum atomic E-state index is 13.7. The lowest BCUT2D eigenvalue weighted by Crippen LogP contribution is -2.56. The summed E-state index contributed by atoms with van der Waals surface area (Å²) in [6.07, 6.45) is 0.131. The summed E-state index contributed by atoms with van der Waals surface area (Å²) in [6.45, 7) is 3.73. The normalized spacial score (nSPS) is 26.1. The fraction of sp³-hybridized carbons (Fsp3) is 0.400. The van der Waals surface area contributed by atoms with Gasteiger partial charge in [-0.2, -0.15) is 0 Å². The van der Waals surface area contributed by atoms with E-state index in [1.54, 1.807) is 36.4 Å². The number of methoxy groups -OCH3 is 2. The van der Waals surface area contributed by atoms with Gasteiger partial charge in [0.15, 0.2) is 0 Å². The Bertz CT molecular complexity index is 1130. The van der Waals surface area contributed by atoms with Crippen LogP contribution < -0.4 is 19.7 Å². The Morgan fingerprint density at radius 2 is 1.68 bits per heavy atom. The molecule has 0 aliphatic carbocycles. The number of anilines is 1. The zero-order valence-corrected chi connectivity index (χ0v) is 19.4. The molecule has 2 aromatic carbocycles. The van der Waals surface area contributed by atoms with Gasteiger partial charge in [0.25, 0.3) is 0 Å². The summed E-state index contributed by atoms with van der Waals surface area (Å²) >= 11 is 0. The van der Waals surface area contributed by atoms with E-state index in [0.717, 1.165) is 4.90 Å². The van der Waals surface area contributed by atoms with Crippen LogP contribution in [-0.2, 0) is 14.4 Å². The Morgan fingerprint density at radius 1 is 1.06 bits per heavy atom. The van der Waals surface area contributed by atoms with Crippen LogP contribution in [0.2, 0.25) is 0 Å². The number of ether oxygens (including phenoxy) is 2. The third-order valence-corrected chi connectivity index (χ3v) is 6.67. The van der Waals surface area contributed by atoms with Gasteiger partial charge in [-0.1, -0.05) is 19.9 Å². The van der Waals surface area contributed by atoms with Crippen LogP contribution in [0.15, 0.2) is 42.5 Å². The van der Waals surface area contributed by atoms with Crippen LogP contribution in [-0.4, -0.2) is 47.8 Å². The summed E-state index contributed by atoms with van der Waals surface area (Å²) in [5, 5.41) is 24.2. The predicted molar refractivity (Wildman–Crippen MR) is 123 cm³/mol. The van der Waals surface area contributed by atoms with E-state index >= 15 is 0 Å². The van der Waals surface area contributed by atoms with Crippen molar-refractivity contribution >= 4 is 23.5 Å². The number of fused-ring (bicyclic) bond motifs is 1. The number of hydrogen-bond donors (Lipinski definition) is 3. The molecule has 34 heavy (non-hydrogen) atoms. The third kappa shape index (κ3) is 3.56. The van der Waals surface area contributed by atoms with E-state index in [0.29, 0.717) is 22.7 Å². The Hall–Kier alpha value is -3.59. The minimum Gasteiger partial charge on any atom is -0.507 e. The van der Waals surface area contributed by atoms with Gasteiger partial charge in [0.1, 0.15) is 22.8 Å². The molecule has 2 aliphatic heterocycles. The van der Waals surface area contributed by atoms with Crippen LogP contribution in [0.4, 0.5) is 5.69 Å². The van der Waals surface area contributed by atoms with Crippen molar-refractivity contribution < 1.29 is 34.1 Å². The van der Waals surface area contributed by atoms with Crippen LogP contribution in [0.1, 0.15) is 31.9 Å². The number of rotatable bonds is 7. The van der Waals surface area contributed by atoms with Crippen molar-refractivity contribution in [3.8, 4) is 17.2 Å². The summed E-state index contributed by atoms with van der Waals surface area (Å²) in [6, 6.07) is 10.2. The van der Waals surface area contributed by atoms with Crippen molar-refractivity contribution in [3.63, 3.8) is 0 Å². The molecule has 0 saturated carbocycles. The number of phenols is 1. The molecule has 4 unspecified atom stereocenters. The molecule has 0 radical (unpaired) electrons. The number of carbonyl (C=O) groups excluding carboxylic acids is 2. The van der Waals surface area contributed by atoms with Gasteiger partial charge < -0.3 is 19.7 Å². The van der Waals surface area contributed by atoms with E-state index in [1.165, 1.54) is 20.3 Å². The number of phenolic OH excluding ortho intramolecular Hbond substituents is 1. The molecule has 0 bridgehead atoms. The molecule has 9 nitrogen and oxygen atoms in total. The molecule has 4 rings (SSSR count). The van der Waals surface area contributed by atoms with E-state index in [2.05, 4.69) is 5.32 Å². The summed E-state index contributed by atoms with van der Waals surface area (Å²) in [5.41, 5.74) is -1.00. The molecule has 2 aliphatic rings. The van der Waals surface area contributed by atoms with Gasteiger partial charge in [-0.05, 0) is 42.7 Å². The lowest BCUT2D eigenvalue weighted by Gasteiger charge is -2.32. The van der Waals surface area contributed by atoms with Crippen molar-refractivity contribution in [2.45, 2.75) is 31.8 Å². The van der Waals surface area contributed by atoms with Gasteiger partial charge in [-0.25, -0.2) is 4.90 Å². The number of carbonyl (C=O) groups is 3. The molecule has 4 atom stereocenters. The van der Waals surface area contributed by atoms with E-state index in [-0.39, 0.29) is 18.1 Å². The average Bonchev–Trinajstić information content (AvgIpc) is 3.27. The molecule has 9 heteroatoms. The highest BCUT2D eigenvalue weighted by Crippen LogP contribution is 2.53. The topological polar surface area (TPSA) is 125 Å². The Morgan fingerprint density at radius 3 is 2.21 bits per heavy atom. The molecule has 2 aromatic rings. The molecule has 180 valence electrons. The summed E-state index contributed by atoms with van der Waals surface area (Å²) in [7, 11) is 2.97. The molecule has 2 fully saturated rings. The van der Waals surface area contributed by atoms with Crippen LogP contribution in [0.3, 0.4) is 0 Å². The number of benzene rings is 2. The lowest BCUT2D eigenvalue weighted by molar-refractivity contribution is -0.149. The first kappa shape index (κ1) is 23.6. The molecule has 2 amide bonds. The highest BCUT2D eigenvalue weighted by molar-refractivity contribution is 6.24. The molecular formula is C25H28N2O7. The smallest absolute Gasteiger partial charge is 0.324 e. The number of aromatic hydroxyl groups is 1. The van der Waals surface area contributed by atoms with Crippen molar-refractivity contribution in [1.29, 1.82) is 0 Å². The Labute approximate surface area is 197 Å². The summed E-state index contributed by atoms with van der Waals surface area (Å²) in [4.78, 5) is 41.2. The first-order chi connectivity index (χ1) is 16.1. The molecule has 2 saturated heterocycles. The number of carboxylic acid groups (broad SMARTS) is 1. The van der Waals surface area contributed by atoms with Crippen molar-refractivity contribution in [2.75, 3.05) is 19.1 Å². The molecule has 2 heterocycles. The fourth-order valence-corrected chi connectivity index (χ4v) is 5.28. The standard InChI is InChI=1S/C25H28N2O7/c1-13(2)12-25(24(31)32)20-19(21(26-25)17-10-9-16(34-4)11-18(17)28)22(29)27(23(20)30)14-5-7-15(33-3)8-6-14/h5-11,13,19-21,26,28H,12H2,1-4H3,(H,31,32). The highest BCUT2D eigenvalue weighted by Gasteiger charge is 2.68. The van der Waals surface area contributed by atoms with Gasteiger partial charge in [-0.3, -0.25) is 19.7 Å². The second-order valence-corrected chi connectivity index (χ2v) is 9.13. The maximum absolute atomic E-state index is 13.7. The second-order valence-electron chi connectivity index (χ2n) is 9.13. The van der Waals surface area contributed by atoms with Crippen molar-refractivity contribution in [2.24, 2.45) is 17.8 Å². The quantitative estimate of drug-likeness (QED) is 0.530. The fourth-order valence-electron chi connectivity index (χ4n) is 5.28. The van der Waals surface area contributed by atoms with E-state index in [1.807, 2.05) is 13.8 Å². The molecule has 3 N–H and O–H groups in total. The largest absolute Gasteiger partial charge is 0.507 e. The third-order valence-electron chi connectivity index (χ3n) is 6.67. The van der Waals surface area contributed by atoms with E-state index < -0.39 is 41.2 Å². The van der Waals surface area contributed by atoms with Gasteiger partial charge in [-0.15, -0.1) is 0 Å². The highest BCUT2D eigenvalue weighted by atomic mass is 16.5. The number of amides is 2. The van der Waals surface area contributed by atoms with E-state index in [4.69, 9.17) is 9.47 Å². The van der Waals surface area contributed by atoms with Crippen LogP contribution in [0, 0.1) is 17.8 Å². The number of carboxylic acids is 1. The zero-order valence-electron chi connectivity index (χ0n) is 19.4. The van der Waals surface area contributed by atoms with Gasteiger partial charge in [0, 0.05) is 17.7 Å². The molecular weight excluding hydrogens is 440 g/mol. The lowest BCUT2D eigenvalue weighted by atomic mass is 9.75. The van der Waals surface area contributed by atoms with Gasteiger partial charge in [0.05, 0.1) is 31.7 Å². The molecule has 0 aromatic heterocycles. The van der Waals surface area contributed by atoms with E-state index in [9.17, 15) is 24.6 Å². The van der Waals surface area contributed by atoms with Gasteiger partial charge >= 0.3 is 5.97 Å². The SMILES string of the molecule is COc1ccc(N2C(=O)C3C(c4ccc(OC)cc4O)NC(CC(C)C)(C(=O)O)C3C2=O)cc1. The maximum Gasteiger partial charge on any atom is 0.324 e. The van der Waals surface area contributed by atoms with Gasteiger partial charge in [0.2, 0.25) is 11.8 Å². The van der Waals surface area contributed by atoms with Crippen LogP contribution >= 0.6 is 0 Å². The zero-order chi connectivity index (χ0) is 24.8. The minimum atomic E-state index is -1.68. The first-order valence-electron chi connectivity index (χ1n) is 11.0. The Kier molecular flexibility index (Phi) is 5.99. The first-order valence-corrected chi connectivity index (χ1v) is 11.0. The number of hydrogen-bond acceptors (Lipinski definition) is 7. The number of imide groups is 1. The number of nitrogens with one attached hydrogen (secondary N) is 1. The predicted octanol–water partition coefficient (Wildman–Crippen LogP) is 2.73. The molecule has 0 spiro atoms. The van der Waals surface area contributed by atoms with Crippen LogP contribution in [0.5, 0.6) is 17.2 Å². The van der Waals surface area contributed by atoms with Crippen molar-refractivity contribution in [1.82, 2.24) is 5.32 Å². The monoisotopic (exact) mass is 468 g/mol. The second kappa shape index (κ2) is 8.64. The van der Waals surface area contributed by atoms with Crippen LogP contribution in [0.25, 0.3) is 0 Å². The number of aliphatic carboxylic acids is 1. The summed E-state index contributed by atoms with van der Waals surface area (Å²) in [5.74, 6) is -3.70. The average molecular weight is 469 g/mol. The Balaban J connectivity index is 1.85. The van der Waals surface area contributed by atoms with Crippen molar-refractivity contribution in [3.05, 3.63) is 48.0 Å². The number of nitrogens with zero attached hydrogens (tertiary/aromatic N) is 1. The summed E-state index contributed by atoms with van der Waals surface area (Å²) < 4.78 is 10.3.